The van der Waals surface area contributed by atoms with E-state index >= 15 is 0 Å². The van der Waals surface area contributed by atoms with Crippen molar-refractivity contribution < 1.29 is 8.83 Å². The lowest BCUT2D eigenvalue weighted by Crippen LogP contribution is -1.95. The summed E-state index contributed by atoms with van der Waals surface area (Å²) in [5.41, 5.74) is 24.4. The fourth-order valence-corrected chi connectivity index (χ4v) is 19.6. The third-order valence-corrected chi connectivity index (χ3v) is 24.6. The van der Waals surface area contributed by atoms with Gasteiger partial charge in [-0.25, -0.2) is 0 Å². The van der Waals surface area contributed by atoms with E-state index in [2.05, 4.69) is 400 Å². The molecule has 24 aromatic rings. The van der Waals surface area contributed by atoms with Crippen LogP contribution >= 0.6 is 0 Å². The van der Waals surface area contributed by atoms with Gasteiger partial charge in [-0.3, -0.25) is 0 Å². The Balaban J connectivity index is 0.685. The van der Waals surface area contributed by atoms with Gasteiger partial charge in [0.25, 0.3) is 0 Å². The van der Waals surface area contributed by atoms with Crippen LogP contribution in [0.2, 0.25) is 0 Å². The lowest BCUT2D eigenvalue weighted by Gasteiger charge is -2.22. The predicted octanol–water partition coefficient (Wildman–Crippen LogP) is 32.0. The van der Waals surface area contributed by atoms with Crippen molar-refractivity contribution >= 4 is 152 Å². The molecule has 0 bridgehead atoms. The smallest absolute Gasteiger partial charge is 0.143 e. The van der Waals surface area contributed by atoms with Crippen LogP contribution in [-0.4, -0.2) is 0 Å². The van der Waals surface area contributed by atoms with Crippen LogP contribution in [0.5, 0.6) is 0 Å². The normalized spacial score (nSPS) is 12.0. The Labute approximate surface area is 656 Å². The number of fused-ring (bicyclic) bond motifs is 18. The molecule has 2 heterocycles. The summed E-state index contributed by atoms with van der Waals surface area (Å²) in [6, 6.07) is 149. The Hall–Kier alpha value is -15.0. The maximum Gasteiger partial charge on any atom is 0.143 e. The third kappa shape index (κ3) is 9.75. The summed E-state index contributed by atoms with van der Waals surface area (Å²) >= 11 is 0. The fraction of sp³-hybridized carbons (Fsp3) is 0. The minimum Gasteiger partial charge on any atom is -0.456 e. The molecule has 2 heteroatoms. The number of para-hydroxylation sites is 1. The van der Waals surface area contributed by atoms with Crippen molar-refractivity contribution in [3.05, 3.63) is 400 Å². The van der Waals surface area contributed by atoms with E-state index in [-0.39, 0.29) is 0 Å². The van der Waals surface area contributed by atoms with Crippen LogP contribution in [-0.2, 0) is 0 Å². The van der Waals surface area contributed by atoms with E-state index in [4.69, 9.17) is 8.83 Å². The first-order chi connectivity index (χ1) is 56.6. The molecule has 2 aromatic heterocycles. The summed E-state index contributed by atoms with van der Waals surface area (Å²) in [7, 11) is 0. The van der Waals surface area contributed by atoms with Crippen molar-refractivity contribution in [1.29, 1.82) is 0 Å². The van der Waals surface area contributed by atoms with Crippen molar-refractivity contribution in [1.82, 2.24) is 0 Å². The summed E-state index contributed by atoms with van der Waals surface area (Å²) in [5.74, 6) is 0. The highest BCUT2D eigenvalue weighted by Gasteiger charge is 2.28. The summed E-state index contributed by atoms with van der Waals surface area (Å²) in [6.07, 6.45) is 0. The van der Waals surface area contributed by atoms with Gasteiger partial charge in [0.2, 0.25) is 0 Å². The summed E-state index contributed by atoms with van der Waals surface area (Å²) in [5, 5.41) is 28.4. The van der Waals surface area contributed by atoms with Crippen molar-refractivity contribution in [2.24, 2.45) is 0 Å². The zero-order valence-corrected chi connectivity index (χ0v) is 61.9. The topological polar surface area (TPSA) is 26.3 Å². The predicted molar refractivity (Wildman–Crippen MR) is 485 cm³/mol. The Morgan fingerprint density at radius 2 is 0.482 bits per heavy atom. The molecule has 0 atom stereocenters. The zero-order chi connectivity index (χ0) is 74.6. The van der Waals surface area contributed by atoms with Gasteiger partial charge in [0.15, 0.2) is 0 Å². The van der Waals surface area contributed by atoms with E-state index < -0.39 is 0 Å². The average Bonchev–Trinajstić information content (AvgIpc) is 1.02. The molecular formula is C112H66O2. The molecule has 24 rings (SSSR count). The van der Waals surface area contributed by atoms with E-state index in [9.17, 15) is 0 Å². The van der Waals surface area contributed by atoms with Gasteiger partial charge in [0.1, 0.15) is 22.3 Å². The Morgan fingerprint density at radius 3 is 1.04 bits per heavy atom. The highest BCUT2D eigenvalue weighted by atomic mass is 16.3. The van der Waals surface area contributed by atoms with Gasteiger partial charge in [0, 0.05) is 27.1 Å². The van der Waals surface area contributed by atoms with Crippen LogP contribution in [0, 0.1) is 0 Å². The van der Waals surface area contributed by atoms with Crippen molar-refractivity contribution in [3.63, 3.8) is 0 Å². The van der Waals surface area contributed by atoms with Crippen LogP contribution in [0.3, 0.4) is 0 Å². The molecule has 2 nitrogen and oxygen atoms in total. The van der Waals surface area contributed by atoms with Crippen LogP contribution in [0.25, 0.3) is 252 Å². The first-order valence-corrected chi connectivity index (χ1v) is 39.4. The SMILES string of the molecule is c1ccc(-c2cc3ccccc3c3ccccc23)c(-c2c3ccccc3c(-c3cc(-c4cccc5ccccc45)c4oc5ccc(-c6ccc7c(-c8cc9oc%10ccccc%10c9cc8-c8c9ccccc9c(-c9ccccc9-c9cc%10ccccc%10c%10ccccc9%10)c9ccccc89)cccc7c6)cc5c4c3)c3ccccc23)c1. The third-order valence-electron chi connectivity index (χ3n) is 24.6. The van der Waals surface area contributed by atoms with E-state index in [1.165, 1.54) is 153 Å². The number of rotatable bonds is 9. The second kappa shape index (κ2) is 25.3. The number of furan rings is 2. The molecule has 0 aliphatic rings. The highest BCUT2D eigenvalue weighted by molar-refractivity contribution is 6.29. The molecule has 0 unspecified atom stereocenters. The zero-order valence-electron chi connectivity index (χ0n) is 61.9. The lowest BCUT2D eigenvalue weighted by molar-refractivity contribution is 0.669. The first-order valence-electron chi connectivity index (χ1n) is 39.4. The number of hydrogen-bond donors (Lipinski definition) is 0. The van der Waals surface area contributed by atoms with Crippen LogP contribution in [0.4, 0.5) is 0 Å². The highest BCUT2D eigenvalue weighted by Crippen LogP contribution is 2.54. The molecular weight excluding hydrogens is 1380 g/mol. The molecule has 0 saturated heterocycles. The van der Waals surface area contributed by atoms with E-state index in [0.717, 1.165) is 99.2 Å². The van der Waals surface area contributed by atoms with Gasteiger partial charge >= 0.3 is 0 Å². The van der Waals surface area contributed by atoms with Crippen molar-refractivity contribution in [2.75, 3.05) is 0 Å². The Kier molecular flexibility index (Phi) is 14.2. The van der Waals surface area contributed by atoms with Gasteiger partial charge in [-0.15, -0.1) is 0 Å². The second-order valence-electron chi connectivity index (χ2n) is 30.6. The molecule has 0 aliphatic carbocycles. The number of hydrogen-bond acceptors (Lipinski definition) is 2. The molecule has 0 amide bonds. The molecule has 0 N–H and O–H groups in total. The van der Waals surface area contributed by atoms with Crippen LogP contribution in [0.15, 0.2) is 409 Å². The monoisotopic (exact) mass is 1440 g/mol. The van der Waals surface area contributed by atoms with Crippen molar-refractivity contribution in [3.8, 4) is 100 Å². The van der Waals surface area contributed by atoms with E-state index in [0.29, 0.717) is 0 Å². The van der Waals surface area contributed by atoms with Crippen LogP contribution < -0.4 is 0 Å². The van der Waals surface area contributed by atoms with Gasteiger partial charge in [-0.2, -0.15) is 0 Å². The van der Waals surface area contributed by atoms with Crippen LogP contribution in [0.1, 0.15) is 0 Å². The maximum atomic E-state index is 7.29. The Morgan fingerprint density at radius 1 is 0.123 bits per heavy atom. The molecule has 22 aromatic carbocycles. The minimum atomic E-state index is 0.836. The van der Waals surface area contributed by atoms with Gasteiger partial charge < -0.3 is 8.83 Å². The standard InChI is InChI=1S/C112H66O2/c1-4-32-74-67(27-1)30-25-53-81(74)103-63-73(108-89-44-15-17-46-91(89)109(92-47-18-16-45-90(92)108)87-42-13-11-39-84(87)97-61-71-28-2-5-33-75(71)78-35-7-9-37-82(78)97)64-104-100-60-69(56-58-106(100)114-112(103)104)68-55-57-77-70(59-68)31-26-52-80(77)99-66-107-101(86-41-23-24-54-105(86)113-107)65-102(99)111-95-50-21-19-48-93(95)110(94-49-20-22-51-96(94)111)88-43-14-12-40-85(88)98-62-72-29-3-6-34-76(72)79-36-8-10-38-83(79)98/h1-66H. The molecule has 0 fully saturated rings. The van der Waals surface area contributed by atoms with Crippen molar-refractivity contribution in [2.45, 2.75) is 0 Å². The molecule has 0 aliphatic heterocycles. The van der Waals surface area contributed by atoms with Gasteiger partial charge in [-0.1, -0.05) is 340 Å². The van der Waals surface area contributed by atoms with Gasteiger partial charge in [-0.05, 0) is 263 Å². The number of benzene rings is 22. The maximum absolute atomic E-state index is 7.29. The molecule has 0 radical (unpaired) electrons. The van der Waals surface area contributed by atoms with E-state index in [1.807, 2.05) is 0 Å². The lowest BCUT2D eigenvalue weighted by atomic mass is 9.81. The molecule has 0 spiro atoms. The minimum absolute atomic E-state index is 0.836. The summed E-state index contributed by atoms with van der Waals surface area (Å²) in [6.45, 7) is 0. The summed E-state index contributed by atoms with van der Waals surface area (Å²) < 4.78 is 14.2. The molecule has 114 heavy (non-hydrogen) atoms. The van der Waals surface area contributed by atoms with E-state index in [1.54, 1.807) is 0 Å². The molecule has 526 valence electrons. The Bertz CT molecular complexity index is 8130. The fourth-order valence-electron chi connectivity index (χ4n) is 19.6. The molecule has 0 saturated carbocycles. The van der Waals surface area contributed by atoms with Gasteiger partial charge in [0.05, 0.1) is 0 Å². The largest absolute Gasteiger partial charge is 0.456 e. The second-order valence-corrected chi connectivity index (χ2v) is 30.6. The quantitative estimate of drug-likeness (QED) is 0.106. The first kappa shape index (κ1) is 63.9. The summed E-state index contributed by atoms with van der Waals surface area (Å²) in [4.78, 5) is 0. The average molecular weight is 1440 g/mol.